The second kappa shape index (κ2) is 2.90. The molecule has 1 saturated carbocycles. The summed E-state index contributed by atoms with van der Waals surface area (Å²) in [6.07, 6.45) is 1.77. The van der Waals surface area contributed by atoms with Gasteiger partial charge in [0.15, 0.2) is 0 Å². The van der Waals surface area contributed by atoms with Crippen LogP contribution < -0.4 is 5.56 Å². The minimum atomic E-state index is -0.654. The third-order valence-corrected chi connectivity index (χ3v) is 2.19. The van der Waals surface area contributed by atoms with Gasteiger partial charge in [0.1, 0.15) is 11.5 Å². The van der Waals surface area contributed by atoms with Crippen LogP contribution in [0.1, 0.15) is 30.3 Å². The van der Waals surface area contributed by atoms with Crippen LogP contribution in [0, 0.1) is 17.0 Å². The Bertz CT molecular complexity index is 448. The molecule has 1 aromatic rings. The van der Waals surface area contributed by atoms with Gasteiger partial charge in [-0.25, -0.2) is 4.98 Å². The van der Waals surface area contributed by atoms with Crippen LogP contribution in [0.5, 0.6) is 0 Å². The number of hydrogen-bond acceptors (Lipinski definition) is 4. The minimum Gasteiger partial charge on any atom is -0.305 e. The molecule has 0 atom stereocenters. The van der Waals surface area contributed by atoms with Crippen LogP contribution in [-0.2, 0) is 0 Å². The predicted molar refractivity (Wildman–Crippen MR) is 48.2 cm³/mol. The Hall–Kier alpha value is -1.72. The Morgan fingerprint density at radius 1 is 1.57 bits per heavy atom. The summed E-state index contributed by atoms with van der Waals surface area (Å²) in [5.74, 6) is 0.541. The third-order valence-electron chi connectivity index (χ3n) is 2.19. The molecule has 0 saturated heterocycles. The fourth-order valence-electron chi connectivity index (χ4n) is 1.42. The molecular weight excluding hydrogens is 186 g/mol. The smallest absolute Gasteiger partial charge is 0.305 e. The van der Waals surface area contributed by atoms with Crippen LogP contribution in [-0.4, -0.2) is 14.9 Å². The van der Waals surface area contributed by atoms with Gasteiger partial charge in [0.2, 0.25) is 0 Å². The monoisotopic (exact) mass is 195 g/mol. The summed E-state index contributed by atoms with van der Waals surface area (Å²) < 4.78 is 0. The van der Waals surface area contributed by atoms with E-state index in [-0.39, 0.29) is 5.92 Å². The molecule has 0 radical (unpaired) electrons. The molecular formula is C8H9N3O3. The summed E-state index contributed by atoms with van der Waals surface area (Å²) in [5.41, 5.74) is -0.696. The van der Waals surface area contributed by atoms with Gasteiger partial charge in [-0.05, 0) is 19.8 Å². The molecule has 1 aromatic heterocycles. The maximum atomic E-state index is 11.3. The molecule has 74 valence electrons. The molecule has 0 amide bonds. The van der Waals surface area contributed by atoms with Crippen LogP contribution in [0.4, 0.5) is 5.69 Å². The summed E-state index contributed by atoms with van der Waals surface area (Å²) in [4.78, 5) is 27.6. The lowest BCUT2D eigenvalue weighted by Gasteiger charge is -1.99. The molecule has 1 fully saturated rings. The van der Waals surface area contributed by atoms with E-state index < -0.39 is 16.2 Å². The first-order valence-electron chi connectivity index (χ1n) is 4.35. The molecule has 1 N–H and O–H groups in total. The Morgan fingerprint density at radius 2 is 2.21 bits per heavy atom. The van der Waals surface area contributed by atoms with E-state index >= 15 is 0 Å². The van der Waals surface area contributed by atoms with Crippen molar-refractivity contribution < 1.29 is 4.92 Å². The van der Waals surface area contributed by atoms with Crippen LogP contribution in [0.25, 0.3) is 0 Å². The molecule has 1 aliphatic carbocycles. The summed E-state index contributed by atoms with van der Waals surface area (Å²) >= 11 is 0. The van der Waals surface area contributed by atoms with Gasteiger partial charge >= 0.3 is 11.2 Å². The summed E-state index contributed by atoms with van der Waals surface area (Å²) in [6.45, 7) is 1.62. The number of aromatic nitrogens is 2. The number of nitro groups is 1. The van der Waals surface area contributed by atoms with Crippen LogP contribution in [0.2, 0.25) is 0 Å². The van der Waals surface area contributed by atoms with E-state index in [0.29, 0.717) is 11.5 Å². The fourth-order valence-corrected chi connectivity index (χ4v) is 1.42. The number of aryl methyl sites for hydroxylation is 1. The average Bonchev–Trinajstić information content (AvgIpc) is 2.82. The minimum absolute atomic E-state index is 0.108. The number of aromatic amines is 1. The molecule has 0 aliphatic heterocycles. The van der Waals surface area contributed by atoms with E-state index in [1.807, 2.05) is 0 Å². The van der Waals surface area contributed by atoms with Crippen molar-refractivity contribution in [3.8, 4) is 0 Å². The Kier molecular flexibility index (Phi) is 1.83. The van der Waals surface area contributed by atoms with E-state index in [9.17, 15) is 14.9 Å². The zero-order chi connectivity index (χ0) is 10.3. The molecule has 14 heavy (non-hydrogen) atoms. The van der Waals surface area contributed by atoms with Crippen LogP contribution >= 0.6 is 0 Å². The van der Waals surface area contributed by atoms with Crippen molar-refractivity contribution in [1.82, 2.24) is 9.97 Å². The largest absolute Gasteiger partial charge is 0.355 e. The molecule has 6 heteroatoms. The summed E-state index contributed by atoms with van der Waals surface area (Å²) in [6, 6.07) is 0. The molecule has 1 heterocycles. The van der Waals surface area contributed by atoms with E-state index in [1.54, 1.807) is 6.92 Å². The van der Waals surface area contributed by atoms with Gasteiger partial charge in [0, 0.05) is 5.92 Å². The first kappa shape index (κ1) is 8.86. The molecule has 1 aliphatic rings. The second-order valence-electron chi connectivity index (χ2n) is 3.42. The Morgan fingerprint density at radius 3 is 2.71 bits per heavy atom. The van der Waals surface area contributed by atoms with Crippen molar-refractivity contribution in [1.29, 1.82) is 0 Å². The average molecular weight is 195 g/mol. The van der Waals surface area contributed by atoms with Crippen molar-refractivity contribution in [3.63, 3.8) is 0 Å². The summed E-state index contributed by atoms with van der Waals surface area (Å²) in [7, 11) is 0. The van der Waals surface area contributed by atoms with E-state index in [4.69, 9.17) is 0 Å². The molecule has 0 spiro atoms. The molecule has 2 rings (SSSR count). The topological polar surface area (TPSA) is 88.9 Å². The molecule has 0 aromatic carbocycles. The van der Waals surface area contributed by atoms with Crippen molar-refractivity contribution in [3.05, 3.63) is 32.0 Å². The second-order valence-corrected chi connectivity index (χ2v) is 3.42. The Balaban J connectivity index is 2.65. The normalized spacial score (nSPS) is 15.5. The highest BCUT2D eigenvalue weighted by Gasteiger charge is 2.34. The fraction of sp³-hybridized carbons (Fsp3) is 0.500. The standard InChI is InChI=1S/C8H9N3O3/c1-4-9-6(5-2-3-5)7(11(13)14)8(12)10-4/h5H,2-3H2,1H3,(H,9,10,12). The lowest BCUT2D eigenvalue weighted by atomic mass is 10.2. The first-order valence-corrected chi connectivity index (χ1v) is 4.35. The van der Waals surface area contributed by atoms with Crippen molar-refractivity contribution in [2.45, 2.75) is 25.7 Å². The van der Waals surface area contributed by atoms with E-state index in [1.165, 1.54) is 0 Å². The Labute approximate surface area is 79.1 Å². The molecule has 0 bridgehead atoms. The SMILES string of the molecule is Cc1nc(C2CC2)c([N+](=O)[O-])c(=O)[nH]1. The maximum absolute atomic E-state index is 11.3. The lowest BCUT2D eigenvalue weighted by Crippen LogP contribution is -2.17. The van der Waals surface area contributed by atoms with Crippen LogP contribution in [0.3, 0.4) is 0 Å². The van der Waals surface area contributed by atoms with Gasteiger partial charge in [0.05, 0.1) is 4.92 Å². The highest BCUT2D eigenvalue weighted by atomic mass is 16.6. The van der Waals surface area contributed by atoms with Gasteiger partial charge in [-0.15, -0.1) is 0 Å². The number of nitrogens with zero attached hydrogens (tertiary/aromatic N) is 2. The zero-order valence-electron chi connectivity index (χ0n) is 7.61. The lowest BCUT2D eigenvalue weighted by molar-refractivity contribution is -0.387. The van der Waals surface area contributed by atoms with Crippen molar-refractivity contribution in [2.75, 3.05) is 0 Å². The van der Waals surface area contributed by atoms with Gasteiger partial charge < -0.3 is 4.98 Å². The number of H-pyrrole nitrogens is 1. The van der Waals surface area contributed by atoms with E-state index in [0.717, 1.165) is 12.8 Å². The molecule has 0 unspecified atom stereocenters. The van der Waals surface area contributed by atoms with E-state index in [2.05, 4.69) is 9.97 Å². The molecule has 6 nitrogen and oxygen atoms in total. The van der Waals surface area contributed by atoms with Gasteiger partial charge in [-0.3, -0.25) is 14.9 Å². The third kappa shape index (κ3) is 1.39. The van der Waals surface area contributed by atoms with Crippen LogP contribution in [0.15, 0.2) is 4.79 Å². The van der Waals surface area contributed by atoms with Crippen molar-refractivity contribution in [2.24, 2.45) is 0 Å². The maximum Gasteiger partial charge on any atom is 0.355 e. The van der Waals surface area contributed by atoms with Gasteiger partial charge in [-0.2, -0.15) is 0 Å². The number of rotatable bonds is 2. The highest BCUT2D eigenvalue weighted by Crippen LogP contribution is 2.41. The predicted octanol–water partition coefficient (Wildman–Crippen LogP) is 0.864. The highest BCUT2D eigenvalue weighted by molar-refractivity contribution is 5.37. The van der Waals surface area contributed by atoms with Crippen molar-refractivity contribution >= 4 is 5.69 Å². The number of nitrogens with one attached hydrogen (secondary N) is 1. The summed E-state index contributed by atoms with van der Waals surface area (Å²) in [5, 5.41) is 10.6. The zero-order valence-corrected chi connectivity index (χ0v) is 7.61. The van der Waals surface area contributed by atoms with Gasteiger partial charge in [-0.1, -0.05) is 0 Å². The number of hydrogen-bond donors (Lipinski definition) is 1. The van der Waals surface area contributed by atoms with Gasteiger partial charge in [0.25, 0.3) is 0 Å². The quantitative estimate of drug-likeness (QED) is 0.560. The first-order chi connectivity index (χ1) is 6.59.